The molecule has 0 aliphatic heterocycles. The van der Waals surface area contributed by atoms with E-state index >= 15 is 0 Å². The van der Waals surface area contributed by atoms with Crippen molar-refractivity contribution in [3.8, 4) is 0 Å². The number of aliphatic hydroxyl groups is 1. The lowest BCUT2D eigenvalue weighted by atomic mass is 10.00. The Morgan fingerprint density at radius 1 is 1.35 bits per heavy atom. The maximum absolute atomic E-state index is 13.7. The number of aliphatic hydroxyl groups excluding tert-OH is 1. The van der Waals surface area contributed by atoms with Crippen molar-refractivity contribution in [2.75, 3.05) is 0 Å². The number of hydrogen-bond acceptors (Lipinski definition) is 4. The quantitative estimate of drug-likeness (QED) is 0.794. The second-order valence-electron chi connectivity index (χ2n) is 5.05. The number of carbonyl (C=O) groups is 1. The van der Waals surface area contributed by atoms with Gasteiger partial charge in [0.05, 0.1) is 11.3 Å². The molecular formula is C12H10F5NO4S. The summed E-state index contributed by atoms with van der Waals surface area (Å²) >= 11 is 0. The van der Waals surface area contributed by atoms with E-state index in [4.69, 9.17) is 5.73 Å². The van der Waals surface area contributed by atoms with Crippen LogP contribution in [-0.4, -0.2) is 30.9 Å². The Bertz CT molecular complexity index is 772. The van der Waals surface area contributed by atoms with Crippen LogP contribution in [0.15, 0.2) is 17.0 Å². The van der Waals surface area contributed by atoms with Gasteiger partial charge in [-0.05, 0) is 17.2 Å². The monoisotopic (exact) mass is 359 g/mol. The number of fused-ring (bicyclic) bond motifs is 1. The fourth-order valence-electron chi connectivity index (χ4n) is 2.45. The zero-order chi connectivity index (χ0) is 17.8. The van der Waals surface area contributed by atoms with Gasteiger partial charge in [0.1, 0.15) is 6.10 Å². The van der Waals surface area contributed by atoms with Crippen LogP contribution >= 0.6 is 0 Å². The predicted octanol–water partition coefficient (Wildman–Crippen LogP) is 1.23. The summed E-state index contributed by atoms with van der Waals surface area (Å²) in [6.45, 7) is 0. The molecule has 1 aromatic carbocycles. The summed E-state index contributed by atoms with van der Waals surface area (Å²) in [5.41, 5.74) is -2.48. The smallest absolute Gasteiger partial charge is 0.382 e. The first-order valence-electron chi connectivity index (χ1n) is 6.09. The zero-order valence-corrected chi connectivity index (χ0v) is 12.0. The Kier molecular flexibility index (Phi) is 3.93. The van der Waals surface area contributed by atoms with Crippen LogP contribution in [0.4, 0.5) is 22.0 Å². The van der Waals surface area contributed by atoms with E-state index in [0.717, 1.165) is 6.07 Å². The number of nitrogens with two attached hydrogens (primary N) is 1. The molecule has 1 amide bonds. The molecule has 0 radical (unpaired) electrons. The molecule has 5 nitrogen and oxygen atoms in total. The fraction of sp³-hybridized carbons (Fsp3) is 0.417. The molecule has 0 saturated heterocycles. The lowest BCUT2D eigenvalue weighted by Crippen LogP contribution is -2.26. The first-order valence-corrected chi connectivity index (χ1v) is 7.57. The molecule has 0 fully saturated rings. The van der Waals surface area contributed by atoms with Crippen molar-refractivity contribution in [1.29, 1.82) is 0 Å². The number of primary amides is 1. The van der Waals surface area contributed by atoms with Gasteiger partial charge in [0.25, 0.3) is 15.8 Å². The van der Waals surface area contributed by atoms with Gasteiger partial charge < -0.3 is 10.8 Å². The van der Waals surface area contributed by atoms with Crippen LogP contribution in [0.25, 0.3) is 0 Å². The molecule has 0 saturated carbocycles. The van der Waals surface area contributed by atoms with Crippen molar-refractivity contribution in [2.24, 2.45) is 5.73 Å². The van der Waals surface area contributed by atoms with Crippen molar-refractivity contribution in [1.82, 2.24) is 0 Å². The van der Waals surface area contributed by atoms with E-state index in [9.17, 15) is 40.3 Å². The van der Waals surface area contributed by atoms with E-state index < -0.39 is 62.1 Å². The summed E-state index contributed by atoms with van der Waals surface area (Å²) in [7, 11) is -5.94. The van der Waals surface area contributed by atoms with Gasteiger partial charge in [0.15, 0.2) is 0 Å². The largest absolute Gasteiger partial charge is 0.501 e. The number of amides is 1. The lowest BCUT2D eigenvalue weighted by Gasteiger charge is -2.17. The van der Waals surface area contributed by atoms with E-state index in [2.05, 4.69) is 0 Å². The van der Waals surface area contributed by atoms with E-state index in [0.29, 0.717) is 6.07 Å². The van der Waals surface area contributed by atoms with Gasteiger partial charge in [0.2, 0.25) is 5.91 Å². The Morgan fingerprint density at radius 3 is 2.39 bits per heavy atom. The molecule has 0 heterocycles. The van der Waals surface area contributed by atoms with Crippen LogP contribution in [0.3, 0.4) is 0 Å². The van der Waals surface area contributed by atoms with Crippen LogP contribution in [0, 0.1) is 0 Å². The molecule has 0 bridgehead atoms. The van der Waals surface area contributed by atoms with Crippen LogP contribution < -0.4 is 5.73 Å². The minimum Gasteiger partial charge on any atom is -0.382 e. The van der Waals surface area contributed by atoms with E-state index in [-0.39, 0.29) is 5.56 Å². The number of halogens is 5. The molecule has 23 heavy (non-hydrogen) atoms. The molecule has 1 aliphatic rings. The highest BCUT2D eigenvalue weighted by Gasteiger charge is 2.54. The molecule has 0 aromatic heterocycles. The van der Waals surface area contributed by atoms with E-state index in [1.807, 2.05) is 0 Å². The molecule has 1 aliphatic carbocycles. The highest BCUT2D eigenvalue weighted by Crippen LogP contribution is 2.48. The topological polar surface area (TPSA) is 97.5 Å². The molecule has 2 rings (SSSR count). The van der Waals surface area contributed by atoms with Gasteiger partial charge in [-0.1, -0.05) is 6.07 Å². The number of alkyl halides is 5. The molecule has 0 spiro atoms. The van der Waals surface area contributed by atoms with Crippen molar-refractivity contribution in [3.63, 3.8) is 0 Å². The molecule has 11 heteroatoms. The molecule has 1 aromatic rings. The normalized spacial score (nSPS) is 20.3. The minimum absolute atomic E-state index is 0.148. The minimum atomic E-state index is -5.94. The van der Waals surface area contributed by atoms with Crippen LogP contribution in [0.1, 0.15) is 22.8 Å². The van der Waals surface area contributed by atoms with Gasteiger partial charge in [-0.25, -0.2) is 17.2 Å². The summed E-state index contributed by atoms with van der Waals surface area (Å²) in [4.78, 5) is 9.48. The van der Waals surface area contributed by atoms with Crippen molar-refractivity contribution in [2.45, 2.75) is 35.3 Å². The van der Waals surface area contributed by atoms with E-state index in [1.54, 1.807) is 0 Å². The first kappa shape index (κ1) is 17.6. The number of carbonyl (C=O) groups excluding carboxylic acids is 1. The average molecular weight is 359 g/mol. The molecule has 128 valence electrons. The van der Waals surface area contributed by atoms with Crippen molar-refractivity contribution < 1.29 is 40.3 Å². The Hall–Kier alpha value is -1.75. The van der Waals surface area contributed by atoms with Crippen LogP contribution in [-0.2, 0) is 27.5 Å². The summed E-state index contributed by atoms with van der Waals surface area (Å²) in [5, 5.41) is 9.58. The fourth-order valence-corrected chi connectivity index (χ4v) is 3.47. The summed E-state index contributed by atoms with van der Waals surface area (Å²) in [5.74, 6) is -4.80. The maximum atomic E-state index is 13.7. The molecule has 1 atom stereocenters. The zero-order valence-electron chi connectivity index (χ0n) is 11.2. The van der Waals surface area contributed by atoms with Crippen molar-refractivity contribution in [3.05, 3.63) is 28.8 Å². The van der Waals surface area contributed by atoms with Crippen LogP contribution in [0.2, 0.25) is 0 Å². The third kappa shape index (κ3) is 2.78. The molecule has 3 N–H and O–H groups in total. The Labute approximate surface area is 126 Å². The Morgan fingerprint density at radius 2 is 1.91 bits per heavy atom. The number of rotatable bonds is 3. The van der Waals surface area contributed by atoms with Crippen molar-refractivity contribution >= 4 is 15.7 Å². The third-order valence-electron chi connectivity index (χ3n) is 3.46. The number of hydrogen-bond donors (Lipinski definition) is 2. The Balaban J connectivity index is 2.76. The summed E-state index contributed by atoms with van der Waals surface area (Å²) < 4.78 is 88.5. The highest BCUT2D eigenvalue weighted by molar-refractivity contribution is 7.92. The van der Waals surface area contributed by atoms with Gasteiger partial charge in [0, 0.05) is 12.0 Å². The second kappa shape index (κ2) is 5.13. The molecule has 0 unspecified atom stereocenters. The number of sulfone groups is 1. The second-order valence-corrected chi connectivity index (χ2v) is 6.96. The average Bonchev–Trinajstić information content (AvgIpc) is 2.60. The SMILES string of the molecule is NC(=O)Cc1ccc(S(=O)(=O)C(F)(F)F)c2c1CC(F)(F)[C@H]2O. The van der Waals surface area contributed by atoms with Gasteiger partial charge >= 0.3 is 5.51 Å². The van der Waals surface area contributed by atoms with Gasteiger partial charge in [-0.15, -0.1) is 0 Å². The van der Waals surface area contributed by atoms with E-state index in [1.165, 1.54) is 0 Å². The van der Waals surface area contributed by atoms with Crippen LogP contribution in [0.5, 0.6) is 0 Å². The maximum Gasteiger partial charge on any atom is 0.501 e. The third-order valence-corrected chi connectivity index (χ3v) is 5.00. The predicted molar refractivity (Wildman–Crippen MR) is 66.2 cm³/mol. The van der Waals surface area contributed by atoms with Gasteiger partial charge in [-0.2, -0.15) is 13.2 Å². The van der Waals surface area contributed by atoms with Gasteiger partial charge in [-0.3, -0.25) is 4.79 Å². The summed E-state index contributed by atoms with van der Waals surface area (Å²) in [6, 6.07) is 1.26. The lowest BCUT2D eigenvalue weighted by molar-refractivity contribution is -0.117. The first-order chi connectivity index (χ1) is 10.3. The summed E-state index contributed by atoms with van der Waals surface area (Å²) in [6.07, 6.45) is -4.48. The number of benzene rings is 1. The highest BCUT2D eigenvalue weighted by atomic mass is 32.2. The molecular weight excluding hydrogens is 349 g/mol. The standard InChI is InChI=1S/C12H10F5NO4S/c13-11(14)4-6-5(3-8(18)19)1-2-7(9(6)10(11)20)23(21,22)12(15,16)17/h1-2,10,20H,3-4H2,(H2,18,19)/t10-/m0/s1.